The summed E-state index contributed by atoms with van der Waals surface area (Å²) in [6.07, 6.45) is 1.67. The second-order valence-corrected chi connectivity index (χ2v) is 5.79. The third kappa shape index (κ3) is 3.00. The van der Waals surface area contributed by atoms with Crippen LogP contribution in [0, 0.1) is 0 Å². The summed E-state index contributed by atoms with van der Waals surface area (Å²) in [5.74, 6) is -0.185. The van der Waals surface area contributed by atoms with Crippen LogP contribution >= 0.6 is 11.6 Å². The molecular formula is C15H16ClN3O2. The molecule has 0 saturated carbocycles. The van der Waals surface area contributed by atoms with Crippen molar-refractivity contribution >= 4 is 34.1 Å². The molecular weight excluding hydrogens is 290 g/mol. The number of aromatic nitrogens is 1. The van der Waals surface area contributed by atoms with Gasteiger partial charge >= 0.3 is 0 Å². The zero-order chi connectivity index (χ0) is 14.9. The average Bonchev–Trinajstić information content (AvgIpc) is 2.46. The van der Waals surface area contributed by atoms with Gasteiger partial charge < -0.3 is 15.4 Å². The smallest absolute Gasteiger partial charge is 0.250 e. The highest BCUT2D eigenvalue weighted by molar-refractivity contribution is 6.35. The maximum Gasteiger partial charge on any atom is 0.250 e. The monoisotopic (exact) mass is 305 g/mol. The summed E-state index contributed by atoms with van der Waals surface area (Å²) >= 11 is 6.11. The van der Waals surface area contributed by atoms with E-state index in [1.807, 2.05) is 19.1 Å². The Kier molecular flexibility index (Phi) is 3.80. The quantitative estimate of drug-likeness (QED) is 0.909. The Morgan fingerprint density at radius 2 is 2.29 bits per heavy atom. The van der Waals surface area contributed by atoms with Crippen LogP contribution < -0.4 is 10.6 Å². The van der Waals surface area contributed by atoms with E-state index in [4.69, 9.17) is 16.3 Å². The van der Waals surface area contributed by atoms with Crippen LogP contribution in [-0.2, 0) is 9.53 Å². The highest BCUT2D eigenvalue weighted by Crippen LogP contribution is 2.28. The predicted octanol–water partition coefficient (Wildman–Crippen LogP) is 2.21. The minimum atomic E-state index is -0.235. The molecule has 1 aromatic heterocycles. The number of anilines is 1. The second-order valence-electron chi connectivity index (χ2n) is 5.38. The molecule has 6 heteroatoms. The molecule has 2 N–H and O–H groups in total. The summed E-state index contributed by atoms with van der Waals surface area (Å²) in [6.45, 7) is 3.56. The third-order valence-electron chi connectivity index (χ3n) is 3.54. The Balaban J connectivity index is 1.72. The number of nitrogens with zero attached hydrogens (tertiary/aromatic N) is 1. The summed E-state index contributed by atoms with van der Waals surface area (Å²) in [7, 11) is 0. The molecule has 0 aliphatic carbocycles. The van der Waals surface area contributed by atoms with Crippen molar-refractivity contribution in [2.75, 3.05) is 25.0 Å². The number of hydrogen-bond donors (Lipinski definition) is 2. The molecule has 110 valence electrons. The molecule has 3 rings (SSSR count). The SMILES string of the molecule is CC1(OCC(=O)Nc2ccc(Cl)c3ncccc23)CNC1. The minimum Gasteiger partial charge on any atom is -0.363 e. The fourth-order valence-electron chi connectivity index (χ4n) is 2.25. The molecule has 1 aliphatic heterocycles. The number of carbonyl (C=O) groups excluding carboxylic acids is 1. The molecule has 2 aromatic rings. The molecule has 1 amide bonds. The number of ether oxygens (including phenoxy) is 1. The van der Waals surface area contributed by atoms with Crippen molar-refractivity contribution in [2.45, 2.75) is 12.5 Å². The van der Waals surface area contributed by atoms with Crippen molar-refractivity contribution < 1.29 is 9.53 Å². The second kappa shape index (κ2) is 5.60. The molecule has 1 aromatic carbocycles. The number of hydrogen-bond acceptors (Lipinski definition) is 4. The molecule has 0 unspecified atom stereocenters. The van der Waals surface area contributed by atoms with E-state index in [1.165, 1.54) is 0 Å². The molecule has 0 bridgehead atoms. The van der Waals surface area contributed by atoms with Gasteiger partial charge in [-0.15, -0.1) is 0 Å². The van der Waals surface area contributed by atoms with Crippen molar-refractivity contribution in [1.82, 2.24) is 10.3 Å². The predicted molar refractivity (Wildman–Crippen MR) is 82.6 cm³/mol. The summed E-state index contributed by atoms with van der Waals surface area (Å²) < 4.78 is 5.62. The van der Waals surface area contributed by atoms with Crippen LogP contribution in [0.2, 0.25) is 5.02 Å². The van der Waals surface area contributed by atoms with Crippen molar-refractivity contribution in [3.8, 4) is 0 Å². The van der Waals surface area contributed by atoms with Gasteiger partial charge in [0.25, 0.3) is 0 Å². The Morgan fingerprint density at radius 1 is 1.48 bits per heavy atom. The lowest BCUT2D eigenvalue weighted by Crippen LogP contribution is -2.59. The molecule has 1 aliphatic rings. The van der Waals surface area contributed by atoms with E-state index in [9.17, 15) is 4.79 Å². The van der Waals surface area contributed by atoms with E-state index in [0.717, 1.165) is 18.5 Å². The first-order chi connectivity index (χ1) is 10.1. The van der Waals surface area contributed by atoms with Gasteiger partial charge in [-0.3, -0.25) is 9.78 Å². The lowest BCUT2D eigenvalue weighted by atomic mass is 10.0. The maximum atomic E-state index is 12.0. The topological polar surface area (TPSA) is 63.2 Å². The first kappa shape index (κ1) is 14.3. The largest absolute Gasteiger partial charge is 0.363 e. The maximum absolute atomic E-state index is 12.0. The summed E-state index contributed by atoms with van der Waals surface area (Å²) in [5.41, 5.74) is 1.13. The van der Waals surface area contributed by atoms with E-state index in [1.54, 1.807) is 18.3 Å². The van der Waals surface area contributed by atoms with Gasteiger partial charge in [-0.2, -0.15) is 0 Å². The molecule has 5 nitrogen and oxygen atoms in total. The van der Waals surface area contributed by atoms with Gasteiger partial charge in [-0.25, -0.2) is 0 Å². The lowest BCUT2D eigenvalue weighted by Gasteiger charge is -2.38. The number of fused-ring (bicyclic) bond motifs is 1. The van der Waals surface area contributed by atoms with Gasteiger partial charge in [0, 0.05) is 24.7 Å². The van der Waals surface area contributed by atoms with Crippen LogP contribution in [0.1, 0.15) is 6.92 Å². The van der Waals surface area contributed by atoms with Crippen LogP contribution in [0.5, 0.6) is 0 Å². The Hall–Kier alpha value is -1.69. The molecule has 1 saturated heterocycles. The van der Waals surface area contributed by atoms with E-state index in [2.05, 4.69) is 15.6 Å². The van der Waals surface area contributed by atoms with Gasteiger partial charge in [0.2, 0.25) is 5.91 Å². The molecule has 0 spiro atoms. The number of nitrogens with one attached hydrogen (secondary N) is 2. The van der Waals surface area contributed by atoms with E-state index in [-0.39, 0.29) is 18.1 Å². The van der Waals surface area contributed by atoms with Crippen molar-refractivity contribution in [2.24, 2.45) is 0 Å². The average molecular weight is 306 g/mol. The number of rotatable bonds is 4. The molecule has 0 radical (unpaired) electrons. The van der Waals surface area contributed by atoms with Gasteiger partial charge in [-0.05, 0) is 31.2 Å². The van der Waals surface area contributed by atoms with Crippen LogP contribution in [0.25, 0.3) is 10.9 Å². The molecule has 21 heavy (non-hydrogen) atoms. The van der Waals surface area contributed by atoms with Gasteiger partial charge in [-0.1, -0.05) is 11.6 Å². The number of carbonyl (C=O) groups is 1. The lowest BCUT2D eigenvalue weighted by molar-refractivity contribution is -0.130. The highest BCUT2D eigenvalue weighted by Gasteiger charge is 2.33. The van der Waals surface area contributed by atoms with E-state index >= 15 is 0 Å². The van der Waals surface area contributed by atoms with Crippen molar-refractivity contribution in [1.29, 1.82) is 0 Å². The number of amides is 1. The Bertz CT molecular complexity index is 686. The number of halogens is 1. The van der Waals surface area contributed by atoms with Crippen LogP contribution in [0.3, 0.4) is 0 Å². The fraction of sp³-hybridized carbons (Fsp3) is 0.333. The standard InChI is InChI=1S/C15H16ClN3O2/c1-15(8-17-9-15)21-7-13(20)19-12-5-4-11(16)14-10(12)3-2-6-18-14/h2-6,17H,7-9H2,1H3,(H,19,20). The normalized spacial score (nSPS) is 16.5. The summed E-state index contributed by atoms with van der Waals surface area (Å²) in [4.78, 5) is 16.3. The highest BCUT2D eigenvalue weighted by atomic mass is 35.5. The summed E-state index contributed by atoms with van der Waals surface area (Å²) in [5, 5.41) is 7.35. The summed E-state index contributed by atoms with van der Waals surface area (Å²) in [6, 6.07) is 7.19. The van der Waals surface area contributed by atoms with Gasteiger partial charge in [0.05, 0.1) is 21.8 Å². The van der Waals surface area contributed by atoms with Crippen LogP contribution in [-0.4, -0.2) is 36.2 Å². The fourth-order valence-corrected chi connectivity index (χ4v) is 2.47. The van der Waals surface area contributed by atoms with Gasteiger partial charge in [0.1, 0.15) is 6.61 Å². The van der Waals surface area contributed by atoms with Crippen LogP contribution in [0.15, 0.2) is 30.5 Å². The number of benzene rings is 1. The molecule has 1 fully saturated rings. The first-order valence-corrected chi connectivity index (χ1v) is 7.13. The van der Waals surface area contributed by atoms with E-state index in [0.29, 0.717) is 16.2 Å². The van der Waals surface area contributed by atoms with Gasteiger partial charge in [0.15, 0.2) is 0 Å². The molecule has 0 atom stereocenters. The van der Waals surface area contributed by atoms with E-state index < -0.39 is 0 Å². The minimum absolute atomic E-state index is 0.0303. The zero-order valence-corrected chi connectivity index (χ0v) is 12.4. The number of pyridine rings is 1. The Morgan fingerprint density at radius 3 is 3.00 bits per heavy atom. The third-order valence-corrected chi connectivity index (χ3v) is 3.85. The zero-order valence-electron chi connectivity index (χ0n) is 11.6. The molecule has 2 heterocycles. The van der Waals surface area contributed by atoms with Crippen molar-refractivity contribution in [3.63, 3.8) is 0 Å². The first-order valence-electron chi connectivity index (χ1n) is 6.75. The van der Waals surface area contributed by atoms with Crippen LogP contribution in [0.4, 0.5) is 5.69 Å². The Labute approximate surface area is 127 Å². The van der Waals surface area contributed by atoms with Crippen molar-refractivity contribution in [3.05, 3.63) is 35.5 Å².